The summed E-state index contributed by atoms with van der Waals surface area (Å²) in [6.45, 7) is 3.63. The molecule has 3 nitrogen and oxygen atoms in total. The van der Waals surface area contributed by atoms with Crippen molar-refractivity contribution in [3.63, 3.8) is 0 Å². The molecule has 0 aliphatic carbocycles. The lowest BCUT2D eigenvalue weighted by Crippen LogP contribution is -2.34. The first-order valence-electron chi connectivity index (χ1n) is 10.8. The smallest absolute Gasteiger partial charge is 0.225 e. The minimum atomic E-state index is -0.0584. The molecule has 2 aromatic carbocycles. The average molecular weight is 380 g/mol. The van der Waals surface area contributed by atoms with Gasteiger partial charge in [0.15, 0.2) is 0 Å². The lowest BCUT2D eigenvalue weighted by molar-refractivity contribution is -0.137. The van der Waals surface area contributed by atoms with Gasteiger partial charge in [0.2, 0.25) is 5.91 Å². The van der Waals surface area contributed by atoms with Crippen molar-refractivity contribution in [2.24, 2.45) is 0 Å². The van der Waals surface area contributed by atoms with E-state index in [1.165, 1.54) is 43.2 Å². The second-order valence-electron chi connectivity index (χ2n) is 7.72. The van der Waals surface area contributed by atoms with Gasteiger partial charge in [0.25, 0.3) is 0 Å². The van der Waals surface area contributed by atoms with Crippen LogP contribution in [0.5, 0.6) is 0 Å². The van der Waals surface area contributed by atoms with Crippen molar-refractivity contribution in [3.05, 3.63) is 60.2 Å². The number of benzene rings is 2. The molecule has 150 valence electrons. The SMILES string of the molecule is CCCCCCCCOC1CCC(=O)N1Cc1ccc(-c2ccccc2)cc1. The van der Waals surface area contributed by atoms with Crippen molar-refractivity contribution in [3.8, 4) is 11.1 Å². The molecule has 1 unspecified atom stereocenters. The molecule has 3 rings (SSSR count). The van der Waals surface area contributed by atoms with Crippen LogP contribution < -0.4 is 0 Å². The van der Waals surface area contributed by atoms with Gasteiger partial charge in [0, 0.05) is 26.0 Å². The van der Waals surface area contributed by atoms with Crippen molar-refractivity contribution in [2.45, 2.75) is 71.1 Å². The molecule has 1 saturated heterocycles. The molecule has 3 heteroatoms. The lowest BCUT2D eigenvalue weighted by atomic mass is 10.0. The number of carbonyl (C=O) groups excluding carboxylic acids is 1. The molecule has 0 aromatic heterocycles. The van der Waals surface area contributed by atoms with Gasteiger partial charge in [0.1, 0.15) is 6.23 Å². The molecule has 0 saturated carbocycles. The second kappa shape index (κ2) is 11.0. The quantitative estimate of drug-likeness (QED) is 0.436. The number of nitrogens with zero attached hydrogens (tertiary/aromatic N) is 1. The monoisotopic (exact) mass is 379 g/mol. The number of hydrogen-bond donors (Lipinski definition) is 0. The number of ether oxygens (including phenoxy) is 1. The molecule has 28 heavy (non-hydrogen) atoms. The van der Waals surface area contributed by atoms with E-state index in [0.29, 0.717) is 13.0 Å². The molecule has 1 aliphatic rings. The number of carbonyl (C=O) groups is 1. The molecule has 1 heterocycles. The number of likely N-dealkylation sites (tertiary alicyclic amines) is 1. The van der Waals surface area contributed by atoms with Crippen LogP contribution in [0.2, 0.25) is 0 Å². The molecule has 2 aromatic rings. The zero-order chi connectivity index (χ0) is 19.6. The van der Waals surface area contributed by atoms with Gasteiger partial charge < -0.3 is 9.64 Å². The first-order chi connectivity index (χ1) is 13.8. The Labute approximate surface area is 169 Å². The van der Waals surface area contributed by atoms with E-state index in [-0.39, 0.29) is 12.1 Å². The van der Waals surface area contributed by atoms with Crippen LogP contribution in [0.4, 0.5) is 0 Å². The van der Waals surface area contributed by atoms with Crippen molar-refractivity contribution in [1.29, 1.82) is 0 Å². The van der Waals surface area contributed by atoms with Gasteiger partial charge >= 0.3 is 0 Å². The highest BCUT2D eigenvalue weighted by Gasteiger charge is 2.31. The highest BCUT2D eigenvalue weighted by Crippen LogP contribution is 2.24. The van der Waals surface area contributed by atoms with Crippen molar-refractivity contribution in [2.75, 3.05) is 6.61 Å². The minimum absolute atomic E-state index is 0.0584. The zero-order valence-corrected chi connectivity index (χ0v) is 17.1. The number of hydrogen-bond acceptors (Lipinski definition) is 2. The Morgan fingerprint density at radius 2 is 1.57 bits per heavy atom. The summed E-state index contributed by atoms with van der Waals surface area (Å²) in [7, 11) is 0. The maximum Gasteiger partial charge on any atom is 0.225 e. The lowest BCUT2D eigenvalue weighted by Gasteiger charge is -2.25. The molecular weight excluding hydrogens is 346 g/mol. The first-order valence-corrected chi connectivity index (χ1v) is 10.8. The predicted molar refractivity (Wildman–Crippen MR) is 115 cm³/mol. The van der Waals surface area contributed by atoms with Crippen LogP contribution in [0.25, 0.3) is 11.1 Å². The van der Waals surface area contributed by atoms with Crippen LogP contribution in [0.1, 0.15) is 63.9 Å². The Morgan fingerprint density at radius 1 is 0.893 bits per heavy atom. The Balaban J connectivity index is 1.48. The topological polar surface area (TPSA) is 29.5 Å². The summed E-state index contributed by atoms with van der Waals surface area (Å²) in [6.07, 6.45) is 8.89. The summed E-state index contributed by atoms with van der Waals surface area (Å²) >= 11 is 0. The molecule has 1 aliphatic heterocycles. The Bertz CT molecular complexity index is 711. The van der Waals surface area contributed by atoms with Crippen molar-refractivity contribution < 1.29 is 9.53 Å². The Kier molecular flexibility index (Phi) is 8.10. The van der Waals surface area contributed by atoms with E-state index in [4.69, 9.17) is 4.74 Å². The standard InChI is InChI=1S/C25H33NO2/c1-2-3-4-5-6-10-19-28-25-18-17-24(27)26(25)20-21-13-15-23(16-14-21)22-11-8-7-9-12-22/h7-9,11-16,25H,2-6,10,17-20H2,1H3. The van der Waals surface area contributed by atoms with Gasteiger partial charge in [0.05, 0.1) is 0 Å². The third kappa shape index (κ3) is 5.93. The fraction of sp³-hybridized carbons (Fsp3) is 0.480. The fourth-order valence-electron chi connectivity index (χ4n) is 3.80. The van der Waals surface area contributed by atoms with Crippen LogP contribution in [-0.2, 0) is 16.1 Å². The van der Waals surface area contributed by atoms with Crippen LogP contribution in [-0.4, -0.2) is 23.6 Å². The van der Waals surface area contributed by atoms with E-state index in [0.717, 1.165) is 25.0 Å². The zero-order valence-electron chi connectivity index (χ0n) is 17.1. The third-order valence-electron chi connectivity index (χ3n) is 5.50. The van der Waals surface area contributed by atoms with E-state index < -0.39 is 0 Å². The summed E-state index contributed by atoms with van der Waals surface area (Å²) < 4.78 is 6.06. The van der Waals surface area contributed by atoms with E-state index in [9.17, 15) is 4.79 Å². The van der Waals surface area contributed by atoms with Crippen molar-refractivity contribution in [1.82, 2.24) is 4.90 Å². The van der Waals surface area contributed by atoms with Gasteiger partial charge in [-0.15, -0.1) is 0 Å². The van der Waals surface area contributed by atoms with Crippen molar-refractivity contribution >= 4 is 5.91 Å². The number of rotatable bonds is 11. The highest BCUT2D eigenvalue weighted by atomic mass is 16.5. The maximum atomic E-state index is 12.3. The van der Waals surface area contributed by atoms with Crippen LogP contribution in [0, 0.1) is 0 Å². The van der Waals surface area contributed by atoms with E-state index in [1.54, 1.807) is 0 Å². The number of unbranched alkanes of at least 4 members (excludes halogenated alkanes) is 5. The molecule has 0 N–H and O–H groups in total. The molecule has 0 spiro atoms. The Hall–Kier alpha value is -2.13. The predicted octanol–water partition coefficient (Wildman–Crippen LogP) is 6.18. The largest absolute Gasteiger partial charge is 0.358 e. The number of amides is 1. The average Bonchev–Trinajstić information content (AvgIpc) is 3.08. The van der Waals surface area contributed by atoms with Crippen LogP contribution >= 0.6 is 0 Å². The highest BCUT2D eigenvalue weighted by molar-refractivity contribution is 5.78. The molecular formula is C25H33NO2. The molecule has 1 atom stereocenters. The van der Waals surface area contributed by atoms with Gasteiger partial charge in [-0.25, -0.2) is 0 Å². The Morgan fingerprint density at radius 3 is 2.32 bits per heavy atom. The normalized spacial score (nSPS) is 16.7. The minimum Gasteiger partial charge on any atom is -0.358 e. The summed E-state index contributed by atoms with van der Waals surface area (Å²) in [6, 6.07) is 18.9. The fourth-order valence-corrected chi connectivity index (χ4v) is 3.80. The summed E-state index contributed by atoms with van der Waals surface area (Å²) in [4.78, 5) is 14.2. The van der Waals surface area contributed by atoms with Crippen LogP contribution in [0.3, 0.4) is 0 Å². The second-order valence-corrected chi connectivity index (χ2v) is 7.72. The van der Waals surface area contributed by atoms with E-state index >= 15 is 0 Å². The third-order valence-corrected chi connectivity index (χ3v) is 5.50. The molecule has 0 radical (unpaired) electrons. The van der Waals surface area contributed by atoms with E-state index in [1.807, 2.05) is 11.0 Å². The summed E-state index contributed by atoms with van der Waals surface area (Å²) in [5, 5.41) is 0. The van der Waals surface area contributed by atoms with Gasteiger partial charge in [-0.2, -0.15) is 0 Å². The van der Waals surface area contributed by atoms with Crippen LogP contribution in [0.15, 0.2) is 54.6 Å². The summed E-state index contributed by atoms with van der Waals surface area (Å²) in [5.74, 6) is 0.208. The van der Waals surface area contributed by atoms with Gasteiger partial charge in [-0.1, -0.05) is 93.6 Å². The first kappa shape index (κ1) is 20.6. The molecule has 1 fully saturated rings. The van der Waals surface area contributed by atoms with Gasteiger partial charge in [-0.05, 0) is 23.1 Å². The molecule has 1 amide bonds. The molecule has 0 bridgehead atoms. The maximum absolute atomic E-state index is 12.3. The van der Waals surface area contributed by atoms with Gasteiger partial charge in [-0.3, -0.25) is 4.79 Å². The summed E-state index contributed by atoms with van der Waals surface area (Å²) in [5.41, 5.74) is 3.57. The van der Waals surface area contributed by atoms with E-state index in [2.05, 4.69) is 55.5 Å².